The molecule has 1 heterocycles. The molecule has 1 aromatic heterocycles. The van der Waals surface area contributed by atoms with E-state index in [0.29, 0.717) is 0 Å². The Balaban J connectivity index is 2.12. The molecule has 1 amide bonds. The van der Waals surface area contributed by atoms with E-state index < -0.39 is 5.82 Å². The van der Waals surface area contributed by atoms with Crippen molar-refractivity contribution in [1.82, 2.24) is 9.78 Å². The Morgan fingerprint density at radius 3 is 2.65 bits per heavy atom. The first-order valence-corrected chi connectivity index (χ1v) is 6.23. The number of nitrogens with zero attached hydrogens (tertiary/aromatic N) is 2. The fourth-order valence-corrected chi connectivity index (χ4v) is 1.93. The number of nitrogens with one attached hydrogen (secondary N) is 1. The zero-order valence-electron chi connectivity index (χ0n) is 11.6. The molecular weight excluding hydrogens is 257 g/mol. The fraction of sp³-hybridized carbons (Fsp3) is 0.200. The molecule has 4 nitrogen and oxygen atoms in total. The number of rotatable bonds is 3. The molecule has 5 heteroatoms. The normalized spacial score (nSPS) is 11.0. The van der Waals surface area contributed by atoms with Crippen LogP contribution in [0.1, 0.15) is 17.0 Å². The Bertz CT molecular complexity index is 674. The van der Waals surface area contributed by atoms with Gasteiger partial charge in [0, 0.05) is 24.4 Å². The number of carbonyl (C=O) groups excluding carboxylic acids is 1. The van der Waals surface area contributed by atoms with Crippen LogP contribution < -0.4 is 5.32 Å². The maximum atomic E-state index is 13.4. The number of benzene rings is 1. The summed E-state index contributed by atoms with van der Waals surface area (Å²) in [6, 6.07) is 6.05. The molecule has 104 valence electrons. The lowest BCUT2D eigenvalue weighted by atomic mass is 10.2. The highest BCUT2D eigenvalue weighted by atomic mass is 19.1. The molecule has 0 bridgehead atoms. The predicted octanol–water partition coefficient (Wildman–Crippen LogP) is 2.83. The van der Waals surface area contributed by atoms with Crippen LogP contribution in [0.25, 0.3) is 6.08 Å². The lowest BCUT2D eigenvalue weighted by Gasteiger charge is -2.02. The van der Waals surface area contributed by atoms with Gasteiger partial charge in [0.25, 0.3) is 0 Å². The van der Waals surface area contributed by atoms with E-state index in [0.717, 1.165) is 17.0 Å². The number of halogens is 1. The van der Waals surface area contributed by atoms with Crippen molar-refractivity contribution >= 4 is 17.7 Å². The molecule has 0 fully saturated rings. The standard InChI is InChI=1S/C15H16FN3O/c1-10-12(11(2)19(3)18-10)8-9-15(20)17-14-7-5-4-6-13(14)16/h4-9H,1-3H3,(H,17,20)/b9-8+. The Hall–Kier alpha value is -2.43. The van der Waals surface area contributed by atoms with Crippen LogP contribution in [0.2, 0.25) is 0 Å². The predicted molar refractivity (Wildman–Crippen MR) is 76.7 cm³/mol. The number of hydrogen-bond acceptors (Lipinski definition) is 2. The molecule has 20 heavy (non-hydrogen) atoms. The summed E-state index contributed by atoms with van der Waals surface area (Å²) < 4.78 is 15.1. The third-order valence-corrected chi connectivity index (χ3v) is 3.10. The fourth-order valence-electron chi connectivity index (χ4n) is 1.93. The summed E-state index contributed by atoms with van der Waals surface area (Å²) in [7, 11) is 1.85. The van der Waals surface area contributed by atoms with Crippen LogP contribution in [0.5, 0.6) is 0 Å². The van der Waals surface area contributed by atoms with Crippen molar-refractivity contribution in [2.24, 2.45) is 7.05 Å². The van der Waals surface area contributed by atoms with E-state index in [2.05, 4.69) is 10.4 Å². The third-order valence-electron chi connectivity index (χ3n) is 3.10. The van der Waals surface area contributed by atoms with Crippen LogP contribution in [0.3, 0.4) is 0 Å². The second-order valence-corrected chi connectivity index (χ2v) is 4.51. The van der Waals surface area contributed by atoms with Gasteiger partial charge in [-0.3, -0.25) is 9.48 Å². The number of aryl methyl sites for hydroxylation is 2. The van der Waals surface area contributed by atoms with E-state index in [1.54, 1.807) is 22.9 Å². The molecule has 0 aliphatic heterocycles. The molecule has 0 radical (unpaired) electrons. The topological polar surface area (TPSA) is 46.9 Å². The number of carbonyl (C=O) groups is 1. The zero-order valence-corrected chi connectivity index (χ0v) is 11.6. The number of amides is 1. The van der Waals surface area contributed by atoms with Crippen molar-refractivity contribution in [2.45, 2.75) is 13.8 Å². The minimum atomic E-state index is -0.456. The van der Waals surface area contributed by atoms with Gasteiger partial charge in [-0.2, -0.15) is 5.10 Å². The first-order valence-electron chi connectivity index (χ1n) is 6.23. The van der Waals surface area contributed by atoms with Crippen LogP contribution in [-0.2, 0) is 11.8 Å². The Labute approximate surface area is 116 Å². The van der Waals surface area contributed by atoms with Crippen molar-refractivity contribution < 1.29 is 9.18 Å². The molecule has 0 unspecified atom stereocenters. The maximum absolute atomic E-state index is 13.4. The van der Waals surface area contributed by atoms with Gasteiger partial charge < -0.3 is 5.32 Å². The van der Waals surface area contributed by atoms with E-state index in [1.165, 1.54) is 18.2 Å². The molecular formula is C15H16FN3O. The largest absolute Gasteiger partial charge is 0.320 e. The second kappa shape index (κ2) is 5.69. The van der Waals surface area contributed by atoms with Crippen molar-refractivity contribution in [3.8, 4) is 0 Å². The summed E-state index contributed by atoms with van der Waals surface area (Å²) in [6.07, 6.45) is 3.07. The van der Waals surface area contributed by atoms with Crippen LogP contribution in [0, 0.1) is 19.7 Å². The molecule has 0 saturated heterocycles. The smallest absolute Gasteiger partial charge is 0.248 e. The van der Waals surface area contributed by atoms with Gasteiger partial charge in [0.1, 0.15) is 5.82 Å². The molecule has 0 atom stereocenters. The first-order chi connectivity index (χ1) is 9.49. The Kier molecular flexibility index (Phi) is 3.98. The van der Waals surface area contributed by atoms with Gasteiger partial charge in [-0.15, -0.1) is 0 Å². The third kappa shape index (κ3) is 2.93. The number of hydrogen-bond donors (Lipinski definition) is 1. The lowest BCUT2D eigenvalue weighted by Crippen LogP contribution is -2.09. The SMILES string of the molecule is Cc1nn(C)c(C)c1/C=C/C(=O)Nc1ccccc1F. The van der Waals surface area contributed by atoms with Gasteiger partial charge in [0.15, 0.2) is 0 Å². The molecule has 0 saturated carbocycles. The number of aromatic nitrogens is 2. The van der Waals surface area contributed by atoms with E-state index in [-0.39, 0.29) is 11.6 Å². The van der Waals surface area contributed by atoms with Crippen molar-refractivity contribution in [3.63, 3.8) is 0 Å². The average molecular weight is 273 g/mol. The van der Waals surface area contributed by atoms with Gasteiger partial charge >= 0.3 is 0 Å². The van der Waals surface area contributed by atoms with E-state index in [9.17, 15) is 9.18 Å². The van der Waals surface area contributed by atoms with Crippen molar-refractivity contribution in [1.29, 1.82) is 0 Å². The highest BCUT2D eigenvalue weighted by molar-refractivity contribution is 6.02. The molecule has 2 rings (SSSR count). The van der Waals surface area contributed by atoms with E-state index in [4.69, 9.17) is 0 Å². The van der Waals surface area contributed by atoms with Gasteiger partial charge in [-0.05, 0) is 32.1 Å². The quantitative estimate of drug-likeness (QED) is 0.874. The summed E-state index contributed by atoms with van der Waals surface area (Å²) in [6.45, 7) is 3.80. The Morgan fingerprint density at radius 2 is 2.05 bits per heavy atom. The van der Waals surface area contributed by atoms with Gasteiger partial charge in [-0.25, -0.2) is 4.39 Å². The summed E-state index contributed by atoms with van der Waals surface area (Å²) in [4.78, 5) is 11.8. The van der Waals surface area contributed by atoms with E-state index >= 15 is 0 Å². The van der Waals surface area contributed by atoms with Gasteiger partial charge in [0.2, 0.25) is 5.91 Å². The molecule has 2 aromatic rings. The molecule has 1 aromatic carbocycles. The summed E-state index contributed by atoms with van der Waals surface area (Å²) >= 11 is 0. The van der Waals surface area contributed by atoms with E-state index in [1.807, 2.05) is 20.9 Å². The van der Waals surface area contributed by atoms with Crippen LogP contribution in [0.15, 0.2) is 30.3 Å². The molecule has 1 N–H and O–H groups in total. The zero-order chi connectivity index (χ0) is 14.7. The Morgan fingerprint density at radius 1 is 1.35 bits per heavy atom. The molecule has 0 aliphatic rings. The minimum absolute atomic E-state index is 0.168. The van der Waals surface area contributed by atoms with Gasteiger partial charge in [-0.1, -0.05) is 12.1 Å². The summed E-state index contributed by atoms with van der Waals surface area (Å²) in [5, 5.41) is 6.76. The number of anilines is 1. The maximum Gasteiger partial charge on any atom is 0.248 e. The van der Waals surface area contributed by atoms with Crippen molar-refractivity contribution in [2.75, 3.05) is 5.32 Å². The summed E-state index contributed by atoms with van der Waals surface area (Å²) in [5.41, 5.74) is 2.88. The first kappa shape index (κ1) is 14.0. The minimum Gasteiger partial charge on any atom is -0.320 e. The lowest BCUT2D eigenvalue weighted by molar-refractivity contribution is -0.111. The molecule has 0 spiro atoms. The van der Waals surface area contributed by atoms with Crippen molar-refractivity contribution in [3.05, 3.63) is 53.1 Å². The average Bonchev–Trinajstić information content (AvgIpc) is 2.64. The van der Waals surface area contributed by atoms with Gasteiger partial charge in [0.05, 0.1) is 11.4 Å². The highest BCUT2D eigenvalue weighted by Gasteiger charge is 2.07. The number of para-hydroxylation sites is 1. The summed E-state index contributed by atoms with van der Waals surface area (Å²) in [5.74, 6) is -0.833. The van der Waals surface area contributed by atoms with Crippen LogP contribution >= 0.6 is 0 Å². The van der Waals surface area contributed by atoms with Crippen LogP contribution in [0.4, 0.5) is 10.1 Å². The highest BCUT2D eigenvalue weighted by Crippen LogP contribution is 2.15. The van der Waals surface area contributed by atoms with Crippen LogP contribution in [-0.4, -0.2) is 15.7 Å². The molecule has 0 aliphatic carbocycles. The second-order valence-electron chi connectivity index (χ2n) is 4.51. The monoisotopic (exact) mass is 273 g/mol.